The van der Waals surface area contributed by atoms with E-state index in [2.05, 4.69) is 91.0 Å². The molecule has 0 aromatic heterocycles. The van der Waals surface area contributed by atoms with Crippen molar-refractivity contribution in [2.24, 2.45) is 0 Å². The van der Waals surface area contributed by atoms with Crippen LogP contribution in [0, 0.1) is 11.6 Å². The molecule has 0 amide bonds. The van der Waals surface area contributed by atoms with Crippen molar-refractivity contribution in [3.63, 3.8) is 0 Å². The number of hydrogen-bond donors (Lipinski definition) is 5. The van der Waals surface area contributed by atoms with Crippen LogP contribution >= 0.6 is 39.1 Å². The SMILES string of the molecule is Brc1ccc(C2CCNC2)cc1.Clc1ccc(C2CCNC2)cc1.Clc1cccc(C2CCNC2)c1.Fc1ccc(C2CCNC2)cc1.Fc1cccc(C2CCNC2)c1. The molecule has 60 heavy (non-hydrogen) atoms. The quantitative estimate of drug-likeness (QED) is 0.122. The Morgan fingerprint density at radius 1 is 0.383 bits per heavy atom. The van der Waals surface area contributed by atoms with E-state index in [-0.39, 0.29) is 11.6 Å². The molecule has 0 spiro atoms. The maximum Gasteiger partial charge on any atom is 0.123 e. The molecule has 5 heterocycles. The highest BCUT2D eigenvalue weighted by molar-refractivity contribution is 9.10. The van der Waals surface area contributed by atoms with E-state index < -0.39 is 0 Å². The molecule has 0 saturated carbocycles. The number of nitrogens with one attached hydrogen (secondary N) is 5. The van der Waals surface area contributed by atoms with Gasteiger partial charge in [0.15, 0.2) is 0 Å². The van der Waals surface area contributed by atoms with E-state index in [1.165, 1.54) is 72.7 Å². The summed E-state index contributed by atoms with van der Waals surface area (Å²) in [6.07, 6.45) is 6.07. The molecule has 5 nitrogen and oxygen atoms in total. The molecule has 0 radical (unpaired) electrons. The van der Waals surface area contributed by atoms with E-state index in [9.17, 15) is 8.78 Å². The molecule has 0 bridgehead atoms. The van der Waals surface area contributed by atoms with Crippen molar-refractivity contribution in [3.8, 4) is 0 Å². The lowest BCUT2D eigenvalue weighted by molar-refractivity contribution is 0.621. The highest BCUT2D eigenvalue weighted by atomic mass is 79.9. The van der Waals surface area contributed by atoms with Crippen LogP contribution in [-0.2, 0) is 0 Å². The Morgan fingerprint density at radius 3 is 1.13 bits per heavy atom. The van der Waals surface area contributed by atoms with Crippen LogP contribution in [0.25, 0.3) is 0 Å². The van der Waals surface area contributed by atoms with Crippen molar-refractivity contribution in [2.45, 2.75) is 61.7 Å². The molecule has 5 aliphatic heterocycles. The zero-order valence-corrected chi connectivity index (χ0v) is 37.5. The van der Waals surface area contributed by atoms with Gasteiger partial charge in [0, 0.05) is 47.2 Å². The van der Waals surface area contributed by atoms with E-state index in [0.717, 1.165) is 91.3 Å². The average molecular weight is 920 g/mol. The van der Waals surface area contributed by atoms with E-state index in [0.29, 0.717) is 23.7 Å². The molecule has 5 fully saturated rings. The van der Waals surface area contributed by atoms with E-state index in [1.54, 1.807) is 12.1 Å². The van der Waals surface area contributed by atoms with Crippen LogP contribution in [-0.4, -0.2) is 65.4 Å². The minimum absolute atomic E-state index is 0.126. The lowest BCUT2D eigenvalue weighted by Gasteiger charge is -2.07. The zero-order chi connectivity index (χ0) is 41.9. The summed E-state index contributed by atoms with van der Waals surface area (Å²) < 4.78 is 26.5. The Bertz CT molecular complexity index is 1760. The Balaban J connectivity index is 0.000000126. The van der Waals surface area contributed by atoms with Crippen molar-refractivity contribution < 1.29 is 8.78 Å². The van der Waals surface area contributed by atoms with Crippen LogP contribution in [0.15, 0.2) is 126 Å². The smallest absolute Gasteiger partial charge is 0.123 e. The van der Waals surface area contributed by atoms with Crippen LogP contribution < -0.4 is 26.6 Å². The predicted molar refractivity (Wildman–Crippen MR) is 251 cm³/mol. The summed E-state index contributed by atoms with van der Waals surface area (Å²) in [5.74, 6) is 2.93. The second-order valence-electron chi connectivity index (χ2n) is 16.2. The first-order valence-corrected chi connectivity index (χ1v) is 23.2. The first-order valence-electron chi connectivity index (χ1n) is 21.6. The zero-order valence-electron chi connectivity index (χ0n) is 34.4. The summed E-state index contributed by atoms with van der Waals surface area (Å²) in [6.45, 7) is 11.0. The van der Waals surface area contributed by atoms with Gasteiger partial charge in [0.1, 0.15) is 11.6 Å². The van der Waals surface area contributed by atoms with Gasteiger partial charge in [0.25, 0.3) is 0 Å². The van der Waals surface area contributed by atoms with Crippen molar-refractivity contribution >= 4 is 39.1 Å². The van der Waals surface area contributed by atoms with Crippen LogP contribution in [0.4, 0.5) is 8.78 Å². The van der Waals surface area contributed by atoms with Gasteiger partial charge >= 0.3 is 0 Å². The molecule has 5 aliphatic rings. The van der Waals surface area contributed by atoms with Crippen molar-refractivity contribution in [3.05, 3.63) is 175 Å². The number of hydrogen-bond acceptors (Lipinski definition) is 5. The molecule has 5 saturated heterocycles. The molecular weight excluding hydrogens is 859 g/mol. The first-order chi connectivity index (χ1) is 29.3. The fourth-order valence-corrected chi connectivity index (χ4v) is 9.01. The Kier molecular flexibility index (Phi) is 19.3. The van der Waals surface area contributed by atoms with Gasteiger partial charge < -0.3 is 26.6 Å². The van der Waals surface area contributed by atoms with Crippen LogP contribution in [0.2, 0.25) is 10.0 Å². The summed E-state index contributed by atoms with van der Waals surface area (Å²) in [4.78, 5) is 0. The lowest BCUT2D eigenvalue weighted by Crippen LogP contribution is -2.07. The molecule has 320 valence electrons. The maximum absolute atomic E-state index is 12.8. The van der Waals surface area contributed by atoms with Gasteiger partial charge in [-0.1, -0.05) is 99.8 Å². The Labute approximate surface area is 375 Å². The molecule has 10 rings (SSSR count). The van der Waals surface area contributed by atoms with Crippen LogP contribution in [0.3, 0.4) is 0 Å². The summed E-state index contributed by atoms with van der Waals surface area (Å²) in [7, 11) is 0. The molecular formula is C50H60BrCl2F2N5. The monoisotopic (exact) mass is 917 g/mol. The standard InChI is InChI=1S/C10H12BrN.2C10H12ClN.2C10H12FN/c2*11-10-3-1-8(2-4-10)9-5-6-12-7-9;11-10-3-1-2-8(6-10)9-4-5-12-7-9;11-10-3-1-8(2-4-10)9-5-6-12-7-9;11-10-3-1-2-8(6-10)9-4-5-12-7-9/h2*1-4,9,12H,5-7H2;1-3,6,9,12H,4-5,7H2;1-4,9,12H,5-7H2;1-3,6,9,12H,4-5,7H2. The van der Waals surface area contributed by atoms with Gasteiger partial charge in [-0.15, -0.1) is 0 Å². The van der Waals surface area contributed by atoms with Crippen molar-refractivity contribution in [2.75, 3.05) is 65.4 Å². The Hall–Kier alpha value is -3.18. The Morgan fingerprint density at radius 2 is 0.750 bits per heavy atom. The highest BCUT2D eigenvalue weighted by Crippen LogP contribution is 2.27. The van der Waals surface area contributed by atoms with E-state index in [4.69, 9.17) is 23.2 Å². The number of halogens is 5. The first kappa shape index (κ1) is 46.3. The van der Waals surface area contributed by atoms with Gasteiger partial charge in [0.05, 0.1) is 0 Å². The average Bonchev–Trinajstić information content (AvgIpc) is 4.12. The molecule has 5 atom stereocenters. The largest absolute Gasteiger partial charge is 0.316 e. The second-order valence-corrected chi connectivity index (χ2v) is 18.0. The van der Waals surface area contributed by atoms with E-state index in [1.807, 2.05) is 42.5 Å². The third-order valence-electron chi connectivity index (χ3n) is 12.0. The summed E-state index contributed by atoms with van der Waals surface area (Å²) in [5, 5.41) is 18.3. The lowest BCUT2D eigenvalue weighted by atomic mass is 9.99. The highest BCUT2D eigenvalue weighted by Gasteiger charge is 2.19. The van der Waals surface area contributed by atoms with Crippen LogP contribution in [0.1, 0.15) is 89.5 Å². The molecule has 5 N–H and O–H groups in total. The predicted octanol–water partition coefficient (Wildman–Crippen LogP) is 11.2. The normalized spacial score (nSPS) is 22.9. The number of rotatable bonds is 5. The van der Waals surface area contributed by atoms with Crippen molar-refractivity contribution in [1.29, 1.82) is 0 Å². The molecule has 10 heteroatoms. The summed E-state index contributed by atoms with van der Waals surface area (Å²) in [6, 6.07) is 38.8. The third kappa shape index (κ3) is 15.3. The topological polar surface area (TPSA) is 60.1 Å². The minimum Gasteiger partial charge on any atom is -0.316 e. The van der Waals surface area contributed by atoms with Gasteiger partial charge in [-0.3, -0.25) is 0 Å². The van der Waals surface area contributed by atoms with Crippen LogP contribution in [0.5, 0.6) is 0 Å². The molecule has 5 aromatic rings. The fourth-order valence-electron chi connectivity index (χ4n) is 8.42. The van der Waals surface area contributed by atoms with Gasteiger partial charge in [-0.2, -0.15) is 0 Å². The maximum atomic E-state index is 12.8. The molecule has 5 aromatic carbocycles. The second kappa shape index (κ2) is 25.1. The summed E-state index contributed by atoms with van der Waals surface area (Å²) >= 11 is 15.1. The molecule has 0 aliphatic carbocycles. The van der Waals surface area contributed by atoms with Crippen molar-refractivity contribution in [1.82, 2.24) is 26.6 Å². The fraction of sp³-hybridized carbons (Fsp3) is 0.400. The summed E-state index contributed by atoms with van der Waals surface area (Å²) in [5.41, 5.74) is 6.61. The van der Waals surface area contributed by atoms with E-state index >= 15 is 0 Å². The molecule has 5 unspecified atom stereocenters. The minimum atomic E-state index is -0.148. The van der Waals surface area contributed by atoms with Gasteiger partial charge in [0.2, 0.25) is 0 Å². The third-order valence-corrected chi connectivity index (χ3v) is 13.0. The van der Waals surface area contributed by atoms with Gasteiger partial charge in [-0.25, -0.2) is 8.78 Å². The van der Waals surface area contributed by atoms with Gasteiger partial charge in [-0.05, 0) is 183 Å². The number of benzene rings is 5.